The molecule has 1 aromatic rings. The summed E-state index contributed by atoms with van der Waals surface area (Å²) in [5.41, 5.74) is -0.367. The summed E-state index contributed by atoms with van der Waals surface area (Å²) < 4.78 is 18.5. The van der Waals surface area contributed by atoms with E-state index in [1.165, 1.54) is 12.1 Å². The molecule has 0 spiro atoms. The lowest BCUT2D eigenvalue weighted by Gasteiger charge is -2.27. The SMILES string of the molecule is CCCC(=O)OC1(c2ccc(F)cc2)CNC(=O)C1. The molecule has 1 amide bonds. The van der Waals surface area contributed by atoms with Gasteiger partial charge in [-0.15, -0.1) is 0 Å². The van der Waals surface area contributed by atoms with Crippen molar-refractivity contribution in [2.24, 2.45) is 0 Å². The lowest BCUT2D eigenvalue weighted by Crippen LogP contribution is -2.34. The zero-order valence-electron chi connectivity index (χ0n) is 10.7. The molecule has 1 saturated heterocycles. The Morgan fingerprint density at radius 1 is 1.42 bits per heavy atom. The number of rotatable bonds is 4. The highest BCUT2D eigenvalue weighted by Gasteiger charge is 2.43. The van der Waals surface area contributed by atoms with Crippen molar-refractivity contribution in [3.05, 3.63) is 35.6 Å². The summed E-state index contributed by atoms with van der Waals surface area (Å²) in [5, 5.41) is 2.66. The van der Waals surface area contributed by atoms with Crippen molar-refractivity contribution in [1.82, 2.24) is 5.32 Å². The molecule has 0 radical (unpaired) electrons. The highest BCUT2D eigenvalue weighted by Crippen LogP contribution is 2.33. The van der Waals surface area contributed by atoms with E-state index in [0.29, 0.717) is 18.4 Å². The Balaban J connectivity index is 2.27. The summed E-state index contributed by atoms with van der Waals surface area (Å²) in [4.78, 5) is 23.2. The van der Waals surface area contributed by atoms with Crippen LogP contribution in [0.5, 0.6) is 0 Å². The summed E-state index contributed by atoms with van der Waals surface area (Å²) in [6, 6.07) is 5.70. The van der Waals surface area contributed by atoms with E-state index in [0.717, 1.165) is 0 Å². The van der Waals surface area contributed by atoms with Crippen LogP contribution in [0.25, 0.3) is 0 Å². The molecule has 19 heavy (non-hydrogen) atoms. The van der Waals surface area contributed by atoms with E-state index in [1.54, 1.807) is 12.1 Å². The van der Waals surface area contributed by atoms with E-state index < -0.39 is 5.60 Å². The third-order valence-corrected chi connectivity index (χ3v) is 3.15. The normalized spacial score (nSPS) is 22.1. The highest BCUT2D eigenvalue weighted by molar-refractivity contribution is 5.81. The third kappa shape index (κ3) is 2.92. The van der Waals surface area contributed by atoms with Gasteiger partial charge in [-0.2, -0.15) is 0 Å². The smallest absolute Gasteiger partial charge is 0.306 e. The zero-order chi connectivity index (χ0) is 13.9. The summed E-state index contributed by atoms with van der Waals surface area (Å²) >= 11 is 0. The molecular formula is C14H16FNO3. The van der Waals surface area contributed by atoms with Crippen LogP contribution in [0.3, 0.4) is 0 Å². The minimum absolute atomic E-state index is 0.0775. The predicted octanol–water partition coefficient (Wildman–Crippen LogP) is 1.88. The molecule has 1 fully saturated rings. The van der Waals surface area contributed by atoms with Gasteiger partial charge < -0.3 is 10.1 Å². The first-order chi connectivity index (χ1) is 9.05. The first-order valence-corrected chi connectivity index (χ1v) is 6.30. The van der Waals surface area contributed by atoms with Crippen molar-refractivity contribution in [3.8, 4) is 0 Å². The van der Waals surface area contributed by atoms with Crippen LogP contribution in [0.15, 0.2) is 24.3 Å². The summed E-state index contributed by atoms with van der Waals surface area (Å²) in [6.07, 6.45) is 1.06. The predicted molar refractivity (Wildman–Crippen MR) is 66.7 cm³/mol. The number of hydrogen-bond acceptors (Lipinski definition) is 3. The molecule has 0 saturated carbocycles. The van der Waals surface area contributed by atoms with Crippen LogP contribution >= 0.6 is 0 Å². The van der Waals surface area contributed by atoms with Gasteiger partial charge in [-0.1, -0.05) is 19.1 Å². The maximum absolute atomic E-state index is 13.0. The van der Waals surface area contributed by atoms with Gasteiger partial charge in [0.05, 0.1) is 13.0 Å². The van der Waals surface area contributed by atoms with Crippen molar-refractivity contribution in [1.29, 1.82) is 0 Å². The standard InChI is InChI=1S/C14H16FNO3/c1-2-3-13(18)19-14(8-12(17)16-9-14)10-4-6-11(15)7-5-10/h4-7H,2-3,8-9H2,1H3,(H,16,17). The van der Waals surface area contributed by atoms with Crippen LogP contribution in [-0.4, -0.2) is 18.4 Å². The molecule has 2 rings (SSSR count). The number of carbonyl (C=O) groups excluding carboxylic acids is 2. The molecule has 102 valence electrons. The first-order valence-electron chi connectivity index (χ1n) is 6.30. The van der Waals surface area contributed by atoms with Crippen molar-refractivity contribution in [3.63, 3.8) is 0 Å². The first kappa shape index (κ1) is 13.5. The number of hydrogen-bond donors (Lipinski definition) is 1. The summed E-state index contributed by atoms with van der Waals surface area (Å²) in [5.74, 6) is -0.881. The fraction of sp³-hybridized carbons (Fsp3) is 0.429. The molecule has 1 unspecified atom stereocenters. The lowest BCUT2D eigenvalue weighted by molar-refractivity contribution is -0.159. The van der Waals surface area contributed by atoms with Crippen molar-refractivity contribution >= 4 is 11.9 Å². The molecule has 0 bridgehead atoms. The fourth-order valence-corrected chi connectivity index (χ4v) is 2.19. The van der Waals surface area contributed by atoms with Crippen LogP contribution in [0.2, 0.25) is 0 Å². The minimum atomic E-state index is -1.00. The van der Waals surface area contributed by atoms with Crippen LogP contribution in [0.1, 0.15) is 31.7 Å². The molecule has 4 nitrogen and oxygen atoms in total. The lowest BCUT2D eigenvalue weighted by atomic mass is 9.92. The number of benzene rings is 1. The third-order valence-electron chi connectivity index (χ3n) is 3.15. The van der Waals surface area contributed by atoms with Crippen molar-refractivity contribution < 1.29 is 18.7 Å². The second-order valence-corrected chi connectivity index (χ2v) is 4.68. The van der Waals surface area contributed by atoms with E-state index in [1.807, 2.05) is 6.92 Å². The molecular weight excluding hydrogens is 249 g/mol. The molecule has 0 aromatic heterocycles. The Labute approximate surface area is 110 Å². The van der Waals surface area contributed by atoms with Gasteiger partial charge in [-0.05, 0) is 24.1 Å². The van der Waals surface area contributed by atoms with Gasteiger partial charge in [-0.3, -0.25) is 9.59 Å². The number of halogens is 1. The average molecular weight is 265 g/mol. The summed E-state index contributed by atoms with van der Waals surface area (Å²) in [6.45, 7) is 2.11. The van der Waals surface area contributed by atoms with Crippen LogP contribution in [0, 0.1) is 5.82 Å². The van der Waals surface area contributed by atoms with Gasteiger partial charge >= 0.3 is 5.97 Å². The highest BCUT2D eigenvalue weighted by atomic mass is 19.1. The summed E-state index contributed by atoms with van der Waals surface area (Å²) in [7, 11) is 0. The van der Waals surface area contributed by atoms with Crippen LogP contribution < -0.4 is 5.32 Å². The number of amides is 1. The molecule has 1 heterocycles. The molecule has 1 aliphatic heterocycles. The van der Waals surface area contributed by atoms with Gasteiger partial charge in [0.1, 0.15) is 5.82 Å². The largest absolute Gasteiger partial charge is 0.452 e. The second-order valence-electron chi connectivity index (χ2n) is 4.68. The van der Waals surface area contributed by atoms with Gasteiger partial charge in [0.2, 0.25) is 5.91 Å². The van der Waals surface area contributed by atoms with Gasteiger partial charge in [0.25, 0.3) is 0 Å². The van der Waals surface area contributed by atoms with Crippen molar-refractivity contribution in [2.75, 3.05) is 6.54 Å². The van der Waals surface area contributed by atoms with Gasteiger partial charge in [-0.25, -0.2) is 4.39 Å². The molecule has 0 aliphatic carbocycles. The monoisotopic (exact) mass is 265 g/mol. The molecule has 1 aliphatic rings. The topological polar surface area (TPSA) is 55.4 Å². The van der Waals surface area contributed by atoms with E-state index in [9.17, 15) is 14.0 Å². The van der Waals surface area contributed by atoms with E-state index in [-0.39, 0.29) is 30.7 Å². The molecule has 1 aromatic carbocycles. The van der Waals surface area contributed by atoms with E-state index in [4.69, 9.17) is 4.74 Å². The van der Waals surface area contributed by atoms with Gasteiger partial charge in [0, 0.05) is 6.42 Å². The fourth-order valence-electron chi connectivity index (χ4n) is 2.19. The molecule has 5 heteroatoms. The van der Waals surface area contributed by atoms with Crippen LogP contribution in [0.4, 0.5) is 4.39 Å². The average Bonchev–Trinajstić information content (AvgIpc) is 2.73. The Morgan fingerprint density at radius 3 is 2.63 bits per heavy atom. The van der Waals surface area contributed by atoms with Gasteiger partial charge in [0.15, 0.2) is 5.60 Å². The molecule has 1 N–H and O–H groups in total. The van der Waals surface area contributed by atoms with E-state index in [2.05, 4.69) is 5.32 Å². The minimum Gasteiger partial charge on any atom is -0.452 e. The van der Waals surface area contributed by atoms with E-state index >= 15 is 0 Å². The zero-order valence-corrected chi connectivity index (χ0v) is 10.7. The second kappa shape index (κ2) is 5.38. The Morgan fingerprint density at radius 2 is 2.11 bits per heavy atom. The number of nitrogens with one attached hydrogen (secondary N) is 1. The quantitative estimate of drug-likeness (QED) is 0.846. The Kier molecular flexibility index (Phi) is 3.83. The number of carbonyl (C=O) groups is 2. The number of esters is 1. The Hall–Kier alpha value is -1.91. The Bertz CT molecular complexity index is 486. The maximum atomic E-state index is 13.0. The van der Waals surface area contributed by atoms with Crippen LogP contribution in [-0.2, 0) is 19.9 Å². The number of ether oxygens (including phenoxy) is 1. The van der Waals surface area contributed by atoms with Crippen molar-refractivity contribution in [2.45, 2.75) is 31.8 Å². The molecule has 1 atom stereocenters. The maximum Gasteiger partial charge on any atom is 0.306 e.